The van der Waals surface area contributed by atoms with Crippen molar-refractivity contribution in [1.82, 2.24) is 4.57 Å². The first-order valence-electron chi connectivity index (χ1n) is 5.03. The van der Waals surface area contributed by atoms with E-state index in [4.69, 9.17) is 9.47 Å². The molecule has 0 amide bonds. The lowest BCUT2D eigenvalue weighted by molar-refractivity contribution is 0.372. The van der Waals surface area contributed by atoms with Crippen LogP contribution in [0.1, 0.15) is 0 Å². The van der Waals surface area contributed by atoms with E-state index >= 15 is 0 Å². The summed E-state index contributed by atoms with van der Waals surface area (Å²) in [6.07, 6.45) is 0. The molecule has 2 aromatic rings. The van der Waals surface area contributed by atoms with Crippen LogP contribution in [0, 0.1) is 0 Å². The molecule has 0 aliphatic rings. The average Bonchev–Trinajstić information content (AvgIpc) is 2.36. The zero-order valence-corrected chi connectivity index (χ0v) is 9.85. The maximum Gasteiger partial charge on any atom is 0.296 e. The van der Waals surface area contributed by atoms with Gasteiger partial charge in [-0.1, -0.05) is 0 Å². The minimum Gasteiger partial charge on any atom is -0.500 e. The predicted molar refractivity (Wildman–Crippen MR) is 64.0 cm³/mol. The van der Waals surface area contributed by atoms with E-state index in [2.05, 4.69) is 0 Å². The first-order chi connectivity index (χ1) is 8.10. The minimum atomic E-state index is -0.498. The van der Waals surface area contributed by atoms with E-state index in [1.165, 1.54) is 11.7 Å². The fourth-order valence-electron chi connectivity index (χ4n) is 1.81. The van der Waals surface area contributed by atoms with Crippen molar-refractivity contribution in [1.29, 1.82) is 0 Å². The third kappa shape index (κ3) is 1.60. The van der Waals surface area contributed by atoms with Gasteiger partial charge < -0.3 is 19.1 Å². The van der Waals surface area contributed by atoms with Crippen molar-refractivity contribution < 1.29 is 14.6 Å². The number of aryl methyl sites for hydroxylation is 1. The van der Waals surface area contributed by atoms with Gasteiger partial charge in [0.2, 0.25) is 5.75 Å². The molecule has 5 heteroatoms. The normalized spacial score (nSPS) is 10.5. The summed E-state index contributed by atoms with van der Waals surface area (Å²) in [6.45, 7) is 0. The van der Waals surface area contributed by atoms with Crippen LogP contribution < -0.4 is 15.0 Å². The van der Waals surface area contributed by atoms with Gasteiger partial charge in [0.05, 0.1) is 19.7 Å². The zero-order valence-electron chi connectivity index (χ0n) is 9.85. The van der Waals surface area contributed by atoms with Gasteiger partial charge in [-0.25, -0.2) is 0 Å². The van der Waals surface area contributed by atoms with Gasteiger partial charge in [0.15, 0.2) is 5.75 Å². The fourth-order valence-corrected chi connectivity index (χ4v) is 1.81. The number of hydrogen-bond donors (Lipinski definition) is 1. The van der Waals surface area contributed by atoms with Gasteiger partial charge in [-0.05, 0) is 12.1 Å². The Balaban J connectivity index is 2.95. The number of benzene rings is 1. The molecule has 0 aliphatic carbocycles. The maximum atomic E-state index is 11.8. The van der Waals surface area contributed by atoms with Gasteiger partial charge in [-0.3, -0.25) is 4.79 Å². The van der Waals surface area contributed by atoms with Crippen molar-refractivity contribution in [2.24, 2.45) is 7.05 Å². The van der Waals surface area contributed by atoms with E-state index in [1.54, 1.807) is 32.4 Å². The van der Waals surface area contributed by atoms with Crippen LogP contribution in [0.15, 0.2) is 23.0 Å². The number of methoxy groups -OCH3 is 2. The summed E-state index contributed by atoms with van der Waals surface area (Å²) in [7, 11) is 4.55. The molecule has 0 bridgehead atoms. The number of fused-ring (bicyclic) bond motifs is 1. The van der Waals surface area contributed by atoms with Crippen LogP contribution >= 0.6 is 0 Å². The molecule has 0 radical (unpaired) electrons. The van der Waals surface area contributed by atoms with Crippen molar-refractivity contribution in [2.75, 3.05) is 14.2 Å². The highest BCUT2D eigenvalue weighted by Gasteiger charge is 2.15. The van der Waals surface area contributed by atoms with Crippen molar-refractivity contribution in [3.63, 3.8) is 0 Å². The Morgan fingerprint density at radius 2 is 1.94 bits per heavy atom. The molecule has 1 aromatic carbocycles. The number of rotatable bonds is 2. The predicted octanol–water partition coefficient (Wildman–Crippen LogP) is 1.26. The minimum absolute atomic E-state index is 0.186. The molecule has 0 saturated heterocycles. The maximum absolute atomic E-state index is 11.8. The molecule has 0 saturated carbocycles. The Hall–Kier alpha value is -2.17. The molecular formula is C12H13NO4. The molecule has 17 heavy (non-hydrogen) atoms. The van der Waals surface area contributed by atoms with Crippen LogP contribution in [0.3, 0.4) is 0 Å². The Bertz CT molecular complexity index is 630. The molecule has 1 heterocycles. The Morgan fingerprint density at radius 1 is 1.24 bits per heavy atom. The lowest BCUT2D eigenvalue weighted by Crippen LogP contribution is -2.17. The monoisotopic (exact) mass is 235 g/mol. The van der Waals surface area contributed by atoms with Crippen LogP contribution in [0.25, 0.3) is 10.9 Å². The quantitative estimate of drug-likeness (QED) is 0.851. The molecule has 0 aliphatic heterocycles. The Morgan fingerprint density at radius 3 is 2.53 bits per heavy atom. The summed E-state index contributed by atoms with van der Waals surface area (Å²) >= 11 is 0. The van der Waals surface area contributed by atoms with Gasteiger partial charge in [-0.2, -0.15) is 0 Å². The third-order valence-corrected chi connectivity index (χ3v) is 2.74. The Kier molecular flexibility index (Phi) is 2.67. The number of ether oxygens (including phenoxy) is 2. The van der Waals surface area contributed by atoms with Gasteiger partial charge >= 0.3 is 0 Å². The second kappa shape index (κ2) is 4.01. The largest absolute Gasteiger partial charge is 0.500 e. The molecule has 2 rings (SSSR count). The topological polar surface area (TPSA) is 60.7 Å². The van der Waals surface area contributed by atoms with Crippen LogP contribution in [0.2, 0.25) is 0 Å². The fraction of sp³-hybridized carbons (Fsp3) is 0.250. The third-order valence-electron chi connectivity index (χ3n) is 2.74. The molecule has 0 unspecified atom stereocenters. The van der Waals surface area contributed by atoms with Crippen LogP contribution in [0.4, 0.5) is 0 Å². The van der Waals surface area contributed by atoms with Crippen molar-refractivity contribution in [3.05, 3.63) is 28.6 Å². The lowest BCUT2D eigenvalue weighted by Gasteiger charge is -2.12. The summed E-state index contributed by atoms with van der Waals surface area (Å²) in [6, 6.07) is 5.21. The standard InChI is InChI=1S/C12H13NO4/c1-13-9-6-7(16-2)4-5-8(9)11(17-3)10(14)12(13)15/h4-6,14H,1-3H3. The first kappa shape index (κ1) is 11.3. The van der Waals surface area contributed by atoms with Gasteiger partial charge in [-0.15, -0.1) is 0 Å². The number of pyridine rings is 1. The highest BCUT2D eigenvalue weighted by atomic mass is 16.5. The average molecular weight is 235 g/mol. The number of aromatic hydroxyl groups is 1. The molecule has 0 spiro atoms. The highest BCUT2D eigenvalue weighted by Crippen LogP contribution is 2.32. The van der Waals surface area contributed by atoms with Crippen LogP contribution in [-0.2, 0) is 7.05 Å². The molecule has 5 nitrogen and oxygen atoms in total. The zero-order chi connectivity index (χ0) is 12.6. The van der Waals surface area contributed by atoms with Crippen molar-refractivity contribution >= 4 is 10.9 Å². The number of hydrogen-bond acceptors (Lipinski definition) is 4. The summed E-state index contributed by atoms with van der Waals surface area (Å²) in [5.74, 6) is 0.443. The highest BCUT2D eigenvalue weighted by molar-refractivity contribution is 5.88. The van der Waals surface area contributed by atoms with E-state index in [0.717, 1.165) is 0 Å². The lowest BCUT2D eigenvalue weighted by atomic mass is 10.1. The Labute approximate surface area is 97.8 Å². The molecule has 1 N–H and O–H groups in total. The van der Waals surface area contributed by atoms with E-state index in [0.29, 0.717) is 16.7 Å². The SMILES string of the molecule is COc1ccc2c(OC)c(O)c(=O)n(C)c2c1. The van der Waals surface area contributed by atoms with E-state index in [9.17, 15) is 9.90 Å². The summed E-state index contributed by atoms with van der Waals surface area (Å²) < 4.78 is 11.5. The van der Waals surface area contributed by atoms with E-state index < -0.39 is 5.56 Å². The van der Waals surface area contributed by atoms with E-state index in [-0.39, 0.29) is 11.5 Å². The van der Waals surface area contributed by atoms with Crippen molar-refractivity contribution in [3.8, 4) is 17.2 Å². The molecular weight excluding hydrogens is 222 g/mol. The van der Waals surface area contributed by atoms with Crippen LogP contribution in [-0.4, -0.2) is 23.9 Å². The van der Waals surface area contributed by atoms with E-state index in [1.807, 2.05) is 0 Å². The summed E-state index contributed by atoms with van der Waals surface area (Å²) in [5.41, 5.74) is 0.145. The number of nitrogens with zero attached hydrogens (tertiary/aromatic N) is 1. The van der Waals surface area contributed by atoms with Gasteiger partial charge in [0, 0.05) is 18.5 Å². The molecule has 1 aromatic heterocycles. The van der Waals surface area contributed by atoms with Gasteiger partial charge in [0.25, 0.3) is 5.56 Å². The molecule has 0 atom stereocenters. The molecule has 90 valence electrons. The second-order valence-corrected chi connectivity index (χ2v) is 3.63. The smallest absolute Gasteiger partial charge is 0.296 e. The second-order valence-electron chi connectivity index (χ2n) is 3.63. The summed E-state index contributed by atoms with van der Waals surface area (Å²) in [4.78, 5) is 11.8. The number of aromatic nitrogens is 1. The van der Waals surface area contributed by atoms with Gasteiger partial charge in [0.1, 0.15) is 5.75 Å². The molecule has 0 fully saturated rings. The summed E-state index contributed by atoms with van der Waals surface area (Å²) in [5, 5.41) is 10.4. The van der Waals surface area contributed by atoms with Crippen LogP contribution in [0.5, 0.6) is 17.2 Å². The van der Waals surface area contributed by atoms with Crippen molar-refractivity contribution in [2.45, 2.75) is 0 Å². The first-order valence-corrected chi connectivity index (χ1v) is 5.03.